The van der Waals surface area contributed by atoms with Crippen LogP contribution in [0.1, 0.15) is 26.2 Å². The molecule has 0 spiro atoms. The Morgan fingerprint density at radius 1 is 1.31 bits per heavy atom. The fourth-order valence-electron chi connectivity index (χ4n) is 1.49. The number of hydrogen-bond donors (Lipinski definition) is 2. The largest absolute Gasteiger partial charge is 0.381 e. The third kappa shape index (κ3) is 5.24. The highest BCUT2D eigenvalue weighted by Crippen LogP contribution is 1.96. The Bertz CT molecular complexity index is 113. The molecule has 1 aliphatic rings. The average molecular weight is 186 g/mol. The summed E-state index contributed by atoms with van der Waals surface area (Å²) in [6.07, 6.45) is 3.55. The molecule has 1 unspecified atom stereocenters. The van der Waals surface area contributed by atoms with Crippen LogP contribution in [0.15, 0.2) is 0 Å². The highest BCUT2D eigenvalue weighted by Gasteiger charge is 2.10. The molecule has 0 amide bonds. The Hall–Kier alpha value is -0.120. The van der Waals surface area contributed by atoms with Crippen molar-refractivity contribution in [1.29, 1.82) is 0 Å². The smallest absolute Gasteiger partial charge is 0.0481 e. The summed E-state index contributed by atoms with van der Waals surface area (Å²) in [4.78, 5) is 0. The van der Waals surface area contributed by atoms with Crippen molar-refractivity contribution in [2.75, 3.05) is 32.8 Å². The molecule has 1 heterocycles. The normalized spacial score (nSPS) is 23.3. The molecule has 3 nitrogen and oxygen atoms in total. The van der Waals surface area contributed by atoms with Crippen LogP contribution in [0.5, 0.6) is 0 Å². The maximum atomic E-state index is 5.51. The number of nitrogens with one attached hydrogen (secondary N) is 2. The second-order valence-electron chi connectivity index (χ2n) is 3.61. The minimum absolute atomic E-state index is 0.621. The van der Waals surface area contributed by atoms with Crippen LogP contribution in [0.2, 0.25) is 0 Å². The fraction of sp³-hybridized carbons (Fsp3) is 1.00. The second kappa shape index (κ2) is 7.30. The van der Waals surface area contributed by atoms with Gasteiger partial charge in [0.2, 0.25) is 0 Å². The van der Waals surface area contributed by atoms with Crippen LogP contribution in [0.25, 0.3) is 0 Å². The molecule has 0 aromatic heterocycles. The Labute approximate surface area is 81.2 Å². The zero-order chi connectivity index (χ0) is 9.36. The molecule has 1 fully saturated rings. The molecule has 1 aliphatic heterocycles. The average Bonchev–Trinajstić information content (AvgIpc) is 2.19. The van der Waals surface area contributed by atoms with Gasteiger partial charge in [0.25, 0.3) is 0 Å². The van der Waals surface area contributed by atoms with Crippen LogP contribution >= 0.6 is 0 Å². The quantitative estimate of drug-likeness (QED) is 0.601. The van der Waals surface area contributed by atoms with E-state index >= 15 is 0 Å². The Kier molecular flexibility index (Phi) is 6.15. The molecule has 0 aromatic rings. The molecule has 2 N–H and O–H groups in total. The lowest BCUT2D eigenvalue weighted by atomic mass is 10.2. The van der Waals surface area contributed by atoms with Gasteiger partial charge in [-0.05, 0) is 12.8 Å². The van der Waals surface area contributed by atoms with Crippen molar-refractivity contribution in [1.82, 2.24) is 10.6 Å². The van der Waals surface area contributed by atoms with E-state index < -0.39 is 0 Å². The molecule has 1 atom stereocenters. The lowest BCUT2D eigenvalue weighted by Gasteiger charge is -2.24. The topological polar surface area (TPSA) is 33.3 Å². The summed E-state index contributed by atoms with van der Waals surface area (Å²) in [5.41, 5.74) is 0. The molecule has 3 heteroatoms. The molecule has 0 aliphatic carbocycles. The monoisotopic (exact) mass is 186 g/mol. The molecule has 0 aromatic carbocycles. The van der Waals surface area contributed by atoms with Crippen LogP contribution in [-0.2, 0) is 4.74 Å². The fourth-order valence-corrected chi connectivity index (χ4v) is 1.49. The molecule has 1 rings (SSSR count). The van der Waals surface area contributed by atoms with Gasteiger partial charge in [0.1, 0.15) is 0 Å². The van der Waals surface area contributed by atoms with Gasteiger partial charge in [-0.1, -0.05) is 13.3 Å². The van der Waals surface area contributed by atoms with E-state index in [9.17, 15) is 0 Å². The summed E-state index contributed by atoms with van der Waals surface area (Å²) in [6, 6.07) is 0.621. The van der Waals surface area contributed by atoms with Crippen LogP contribution in [-0.4, -0.2) is 38.9 Å². The number of hydrogen-bond acceptors (Lipinski definition) is 3. The molecule has 78 valence electrons. The number of unbranched alkanes of at least 4 members (excludes halogenated alkanes) is 1. The lowest BCUT2D eigenvalue weighted by Crippen LogP contribution is -2.48. The zero-order valence-corrected chi connectivity index (χ0v) is 8.64. The molecule has 0 radical (unpaired) electrons. The van der Waals surface area contributed by atoms with Crippen molar-refractivity contribution in [3.63, 3.8) is 0 Å². The first-order valence-electron chi connectivity index (χ1n) is 5.45. The van der Waals surface area contributed by atoms with Crippen molar-refractivity contribution in [2.24, 2.45) is 0 Å². The first-order valence-corrected chi connectivity index (χ1v) is 5.45. The van der Waals surface area contributed by atoms with Gasteiger partial charge in [-0.15, -0.1) is 0 Å². The SMILES string of the molecule is CCCCOCCC1CNCCN1. The predicted molar refractivity (Wildman–Crippen MR) is 55.0 cm³/mol. The lowest BCUT2D eigenvalue weighted by molar-refractivity contribution is 0.119. The summed E-state index contributed by atoms with van der Waals surface area (Å²) in [5.74, 6) is 0. The third-order valence-corrected chi connectivity index (χ3v) is 2.38. The summed E-state index contributed by atoms with van der Waals surface area (Å²) < 4.78 is 5.51. The van der Waals surface area contributed by atoms with Crippen LogP contribution in [0.3, 0.4) is 0 Å². The molecular formula is C10H22N2O. The first kappa shape index (κ1) is 11.0. The van der Waals surface area contributed by atoms with E-state index in [-0.39, 0.29) is 0 Å². The maximum Gasteiger partial charge on any atom is 0.0481 e. The van der Waals surface area contributed by atoms with Crippen LogP contribution in [0.4, 0.5) is 0 Å². The summed E-state index contributed by atoms with van der Waals surface area (Å²) >= 11 is 0. The molecule has 0 saturated carbocycles. The van der Waals surface area contributed by atoms with E-state index in [1.165, 1.54) is 12.8 Å². The molecular weight excluding hydrogens is 164 g/mol. The van der Waals surface area contributed by atoms with E-state index in [1.54, 1.807) is 0 Å². The zero-order valence-electron chi connectivity index (χ0n) is 8.64. The minimum atomic E-state index is 0.621. The van der Waals surface area contributed by atoms with Gasteiger partial charge >= 0.3 is 0 Å². The van der Waals surface area contributed by atoms with Crippen molar-refractivity contribution in [3.8, 4) is 0 Å². The number of rotatable bonds is 6. The minimum Gasteiger partial charge on any atom is -0.381 e. The van der Waals surface area contributed by atoms with Gasteiger partial charge in [-0.2, -0.15) is 0 Å². The third-order valence-electron chi connectivity index (χ3n) is 2.38. The summed E-state index contributed by atoms with van der Waals surface area (Å²) in [7, 11) is 0. The van der Waals surface area contributed by atoms with Crippen molar-refractivity contribution in [2.45, 2.75) is 32.2 Å². The summed E-state index contributed by atoms with van der Waals surface area (Å²) in [6.45, 7) is 7.32. The van der Waals surface area contributed by atoms with Crippen molar-refractivity contribution >= 4 is 0 Å². The maximum absolute atomic E-state index is 5.51. The Morgan fingerprint density at radius 3 is 2.92 bits per heavy atom. The van der Waals surface area contributed by atoms with Gasteiger partial charge in [0.15, 0.2) is 0 Å². The molecule has 0 bridgehead atoms. The molecule has 13 heavy (non-hydrogen) atoms. The van der Waals surface area contributed by atoms with Gasteiger partial charge in [0.05, 0.1) is 0 Å². The first-order chi connectivity index (χ1) is 6.43. The summed E-state index contributed by atoms with van der Waals surface area (Å²) in [5, 5.41) is 6.84. The highest BCUT2D eigenvalue weighted by molar-refractivity contribution is 4.74. The predicted octanol–water partition coefficient (Wildman–Crippen LogP) is 0.755. The van der Waals surface area contributed by atoms with Crippen LogP contribution < -0.4 is 10.6 Å². The van der Waals surface area contributed by atoms with Gasteiger partial charge < -0.3 is 15.4 Å². The van der Waals surface area contributed by atoms with E-state index in [1.807, 2.05) is 0 Å². The van der Waals surface area contributed by atoms with Crippen LogP contribution in [0, 0.1) is 0 Å². The van der Waals surface area contributed by atoms with E-state index in [0.29, 0.717) is 6.04 Å². The van der Waals surface area contributed by atoms with E-state index in [2.05, 4.69) is 17.6 Å². The van der Waals surface area contributed by atoms with Gasteiger partial charge in [-0.25, -0.2) is 0 Å². The van der Waals surface area contributed by atoms with E-state index in [4.69, 9.17) is 4.74 Å². The van der Waals surface area contributed by atoms with E-state index in [0.717, 1.165) is 39.3 Å². The number of ether oxygens (including phenoxy) is 1. The number of piperazine rings is 1. The molecule has 1 saturated heterocycles. The second-order valence-corrected chi connectivity index (χ2v) is 3.61. The highest BCUT2D eigenvalue weighted by atomic mass is 16.5. The van der Waals surface area contributed by atoms with Gasteiger partial charge in [0, 0.05) is 38.9 Å². The van der Waals surface area contributed by atoms with Crippen molar-refractivity contribution < 1.29 is 4.74 Å². The Morgan fingerprint density at radius 2 is 2.23 bits per heavy atom. The standard InChI is InChI=1S/C10H22N2O/c1-2-3-7-13-8-4-10-9-11-5-6-12-10/h10-12H,2-9H2,1H3. The van der Waals surface area contributed by atoms with Gasteiger partial charge in [-0.3, -0.25) is 0 Å². The Balaban J connectivity index is 1.86. The van der Waals surface area contributed by atoms with Crippen molar-refractivity contribution in [3.05, 3.63) is 0 Å².